The summed E-state index contributed by atoms with van der Waals surface area (Å²) in [5, 5.41) is 15.7. The second kappa shape index (κ2) is 8.61. The topological polar surface area (TPSA) is 114 Å². The number of ether oxygens (including phenoxy) is 2. The Balaban J connectivity index is 1.74. The van der Waals surface area contributed by atoms with Crippen molar-refractivity contribution in [3.05, 3.63) is 23.8 Å². The van der Waals surface area contributed by atoms with Crippen molar-refractivity contribution in [2.24, 2.45) is 0 Å². The average Bonchev–Trinajstić information content (AvgIpc) is 2.85. The van der Waals surface area contributed by atoms with E-state index in [1.54, 1.807) is 18.2 Å². The number of nitrogens with one attached hydrogen (secondary N) is 2. The van der Waals surface area contributed by atoms with E-state index in [9.17, 15) is 18.3 Å². The van der Waals surface area contributed by atoms with Crippen molar-refractivity contribution in [2.75, 3.05) is 45.4 Å². The fourth-order valence-electron chi connectivity index (χ4n) is 2.68. The molecule has 0 amide bonds. The third-order valence-electron chi connectivity index (χ3n) is 4.02. The summed E-state index contributed by atoms with van der Waals surface area (Å²) in [6.45, 7) is 1.07. The van der Waals surface area contributed by atoms with Gasteiger partial charge >= 0.3 is 0 Å². The number of carbonyl (C=O) groups excluding carboxylic acids is 1. The van der Waals surface area contributed by atoms with Gasteiger partial charge in [-0.15, -0.1) is 0 Å². The van der Waals surface area contributed by atoms with Crippen LogP contribution in [0.25, 0.3) is 0 Å². The lowest BCUT2D eigenvalue weighted by Gasteiger charge is -2.15. The molecule has 1 fully saturated rings. The van der Waals surface area contributed by atoms with Crippen LogP contribution >= 0.6 is 0 Å². The van der Waals surface area contributed by atoms with Gasteiger partial charge in [0.1, 0.15) is 0 Å². The molecule has 0 radical (unpaired) electrons. The molecule has 0 unspecified atom stereocenters. The maximum atomic E-state index is 12.2. The van der Waals surface area contributed by atoms with E-state index in [1.807, 2.05) is 0 Å². The first-order chi connectivity index (χ1) is 11.9. The molecule has 0 aliphatic carbocycles. The maximum Gasteiger partial charge on any atom is 0.176 e. The predicted molar refractivity (Wildman–Crippen MR) is 93.2 cm³/mol. The number of ketones is 1. The van der Waals surface area contributed by atoms with E-state index in [1.165, 1.54) is 14.2 Å². The fraction of sp³-hybridized carbons (Fsp3) is 0.562. The van der Waals surface area contributed by atoms with Crippen LogP contribution in [0.2, 0.25) is 0 Å². The molecule has 8 nitrogen and oxygen atoms in total. The number of aliphatic hydroxyl groups is 1. The van der Waals surface area contributed by atoms with Crippen molar-refractivity contribution in [2.45, 2.75) is 12.1 Å². The van der Waals surface area contributed by atoms with E-state index in [2.05, 4.69) is 10.6 Å². The lowest BCUT2D eigenvalue weighted by molar-refractivity contribution is 0.0990. The molecule has 25 heavy (non-hydrogen) atoms. The summed E-state index contributed by atoms with van der Waals surface area (Å²) in [6, 6.07) is 4.52. The standard InChI is InChI=1S/C16H24N2O6S/c1-23-15-4-3-11(7-16(15)24-2)13(19)8-17-5-6-18-12-9-25(21,22)10-14(12)20/h3-4,7,12,14,17-18,20H,5-6,8-10H2,1-2H3/t12-,14+/m1/s1. The minimum Gasteiger partial charge on any atom is -0.493 e. The van der Waals surface area contributed by atoms with Crippen LogP contribution in [0.5, 0.6) is 11.5 Å². The highest BCUT2D eigenvalue weighted by molar-refractivity contribution is 7.91. The number of sulfone groups is 1. The smallest absolute Gasteiger partial charge is 0.176 e. The Morgan fingerprint density at radius 2 is 1.92 bits per heavy atom. The molecular formula is C16H24N2O6S. The Labute approximate surface area is 147 Å². The largest absolute Gasteiger partial charge is 0.493 e. The highest BCUT2D eigenvalue weighted by atomic mass is 32.2. The number of rotatable bonds is 9. The molecule has 1 aromatic carbocycles. The summed E-state index contributed by atoms with van der Waals surface area (Å²) in [6.07, 6.45) is -0.876. The molecule has 2 atom stereocenters. The second-order valence-electron chi connectivity index (χ2n) is 5.87. The summed E-state index contributed by atoms with van der Waals surface area (Å²) < 4.78 is 33.1. The second-order valence-corrected chi connectivity index (χ2v) is 8.03. The Bertz CT molecular complexity index is 707. The van der Waals surface area contributed by atoms with Crippen LogP contribution in [0.1, 0.15) is 10.4 Å². The van der Waals surface area contributed by atoms with Gasteiger partial charge in [-0.1, -0.05) is 0 Å². The summed E-state index contributed by atoms with van der Waals surface area (Å²) in [7, 11) is -0.123. The van der Waals surface area contributed by atoms with Crippen molar-refractivity contribution in [3.63, 3.8) is 0 Å². The van der Waals surface area contributed by atoms with Crippen molar-refractivity contribution in [3.8, 4) is 11.5 Å². The third kappa shape index (κ3) is 5.40. The molecular weight excluding hydrogens is 348 g/mol. The van der Waals surface area contributed by atoms with Crippen molar-refractivity contribution in [1.29, 1.82) is 0 Å². The van der Waals surface area contributed by atoms with E-state index in [0.29, 0.717) is 30.2 Å². The molecule has 140 valence electrons. The minimum absolute atomic E-state index is 0.0568. The van der Waals surface area contributed by atoms with Crippen molar-refractivity contribution < 1.29 is 27.8 Å². The molecule has 3 N–H and O–H groups in total. The van der Waals surface area contributed by atoms with Gasteiger partial charge in [-0.2, -0.15) is 0 Å². The molecule has 1 saturated heterocycles. The number of hydrogen-bond donors (Lipinski definition) is 3. The first kappa shape index (κ1) is 19.6. The Morgan fingerprint density at radius 1 is 1.20 bits per heavy atom. The number of hydrogen-bond acceptors (Lipinski definition) is 8. The minimum atomic E-state index is -3.16. The third-order valence-corrected chi connectivity index (χ3v) is 5.74. The lowest BCUT2D eigenvalue weighted by Crippen LogP contribution is -2.42. The van der Waals surface area contributed by atoms with Crippen LogP contribution in [0.3, 0.4) is 0 Å². The highest BCUT2D eigenvalue weighted by Crippen LogP contribution is 2.27. The van der Waals surface area contributed by atoms with E-state index in [4.69, 9.17) is 9.47 Å². The molecule has 0 bridgehead atoms. The number of benzene rings is 1. The number of methoxy groups -OCH3 is 2. The van der Waals surface area contributed by atoms with Gasteiger partial charge in [0.15, 0.2) is 27.1 Å². The van der Waals surface area contributed by atoms with Crippen molar-refractivity contribution in [1.82, 2.24) is 10.6 Å². The average molecular weight is 372 g/mol. The van der Waals surface area contributed by atoms with Crippen LogP contribution in [0.15, 0.2) is 18.2 Å². The molecule has 0 aromatic heterocycles. The summed E-state index contributed by atoms with van der Waals surface area (Å²) in [4.78, 5) is 12.2. The summed E-state index contributed by atoms with van der Waals surface area (Å²) in [5.41, 5.74) is 0.510. The molecule has 0 spiro atoms. The Hall–Kier alpha value is -1.68. The van der Waals surface area contributed by atoms with Gasteiger partial charge in [-0.3, -0.25) is 4.79 Å². The van der Waals surface area contributed by atoms with E-state index < -0.39 is 22.0 Å². The molecule has 1 aliphatic rings. The summed E-state index contributed by atoms with van der Waals surface area (Å²) in [5.74, 6) is 0.700. The zero-order valence-electron chi connectivity index (χ0n) is 14.3. The zero-order chi connectivity index (χ0) is 18.4. The van der Waals surface area contributed by atoms with Crippen LogP contribution in [-0.4, -0.2) is 76.8 Å². The Kier molecular flexibility index (Phi) is 6.77. The summed E-state index contributed by atoms with van der Waals surface area (Å²) >= 11 is 0. The van der Waals surface area contributed by atoms with Gasteiger partial charge in [-0.25, -0.2) is 8.42 Å². The molecule has 0 saturated carbocycles. The van der Waals surface area contributed by atoms with Crippen LogP contribution < -0.4 is 20.1 Å². The van der Waals surface area contributed by atoms with Gasteiger partial charge < -0.3 is 25.2 Å². The van der Waals surface area contributed by atoms with Gasteiger partial charge in [0, 0.05) is 24.7 Å². The fourth-order valence-corrected chi connectivity index (χ4v) is 4.46. The molecule has 2 rings (SSSR count). The number of aliphatic hydroxyl groups excluding tert-OH is 1. The van der Waals surface area contributed by atoms with E-state index >= 15 is 0 Å². The van der Waals surface area contributed by atoms with E-state index in [0.717, 1.165) is 0 Å². The number of carbonyl (C=O) groups is 1. The first-order valence-corrected chi connectivity index (χ1v) is 9.76. The quantitative estimate of drug-likeness (QED) is 0.382. The SMILES string of the molecule is COc1ccc(C(=O)CNCCN[C@@H]2CS(=O)(=O)C[C@@H]2O)cc1OC. The van der Waals surface area contributed by atoms with Crippen molar-refractivity contribution >= 4 is 15.6 Å². The lowest BCUT2D eigenvalue weighted by atomic mass is 10.1. The van der Waals surface area contributed by atoms with Gasteiger partial charge in [0.25, 0.3) is 0 Å². The highest BCUT2D eigenvalue weighted by Gasteiger charge is 2.35. The van der Waals surface area contributed by atoms with E-state index in [-0.39, 0.29) is 23.8 Å². The molecule has 1 aliphatic heterocycles. The van der Waals surface area contributed by atoms with Crippen LogP contribution in [-0.2, 0) is 9.84 Å². The number of Topliss-reactive ketones (excluding diaryl/α,β-unsaturated/α-hetero) is 1. The van der Waals surface area contributed by atoms with Gasteiger partial charge in [-0.05, 0) is 18.2 Å². The monoisotopic (exact) mass is 372 g/mol. The molecule has 1 aromatic rings. The first-order valence-electron chi connectivity index (χ1n) is 7.94. The Morgan fingerprint density at radius 3 is 2.52 bits per heavy atom. The van der Waals surface area contributed by atoms with Gasteiger partial charge in [0.2, 0.25) is 0 Å². The van der Waals surface area contributed by atoms with Crippen LogP contribution in [0.4, 0.5) is 0 Å². The maximum absolute atomic E-state index is 12.2. The molecule has 9 heteroatoms. The zero-order valence-corrected chi connectivity index (χ0v) is 15.1. The van der Waals surface area contributed by atoms with Crippen LogP contribution in [0, 0.1) is 0 Å². The molecule has 1 heterocycles. The van der Waals surface area contributed by atoms with Gasteiger partial charge in [0.05, 0.1) is 38.4 Å². The normalized spacial score (nSPS) is 21.9. The predicted octanol–water partition coefficient (Wildman–Crippen LogP) is -0.776.